The highest BCUT2D eigenvalue weighted by atomic mass is 16.4. The fraction of sp³-hybridized carbons (Fsp3) is 0.824. The first-order valence-electron chi connectivity index (χ1n) is 8.63. The normalized spacial score (nSPS) is 22.4. The van der Waals surface area contributed by atoms with Crippen molar-refractivity contribution in [1.82, 2.24) is 10.6 Å². The molecule has 132 valence electrons. The zero-order chi connectivity index (χ0) is 17.4. The van der Waals surface area contributed by atoms with Crippen LogP contribution in [0.4, 0.5) is 0 Å². The van der Waals surface area contributed by atoms with Crippen LogP contribution in [0.2, 0.25) is 0 Å². The van der Waals surface area contributed by atoms with Crippen LogP contribution in [0.25, 0.3) is 0 Å². The van der Waals surface area contributed by atoms with E-state index in [1.54, 1.807) is 0 Å². The molecule has 0 saturated heterocycles. The minimum absolute atomic E-state index is 0.0171. The van der Waals surface area contributed by atoms with Crippen molar-refractivity contribution in [2.45, 2.75) is 65.3 Å². The van der Waals surface area contributed by atoms with Gasteiger partial charge in [-0.2, -0.15) is 0 Å². The number of carboxylic acid groups (broad SMARTS) is 1. The van der Waals surface area contributed by atoms with Crippen molar-refractivity contribution in [3.8, 4) is 0 Å². The second-order valence-electron chi connectivity index (χ2n) is 6.93. The van der Waals surface area contributed by atoms with Gasteiger partial charge in [0.25, 0.3) is 0 Å². The Morgan fingerprint density at radius 3 is 2.22 bits per heavy atom. The van der Waals surface area contributed by atoms with Crippen molar-refractivity contribution in [2.24, 2.45) is 17.8 Å². The highest BCUT2D eigenvalue weighted by molar-refractivity contribution is 5.88. The summed E-state index contributed by atoms with van der Waals surface area (Å²) in [6.45, 7) is 5.81. The summed E-state index contributed by atoms with van der Waals surface area (Å²) < 4.78 is 0. The standard InChI is InChI=1S/C17H30N2O4/c1-4-12-5-7-13(8-6-12)16(21)18-10-15(20)19-14(17(22)23)9-11(2)3/h11-14H,4-10H2,1-3H3,(H,18,21)(H,19,20)(H,22,23)/t12?,13?,14-/m0/s1. The third-order valence-corrected chi connectivity index (χ3v) is 4.56. The number of carbonyl (C=O) groups is 3. The van der Waals surface area contributed by atoms with E-state index in [2.05, 4.69) is 17.6 Å². The lowest BCUT2D eigenvalue weighted by molar-refractivity contribution is -0.142. The first kappa shape index (κ1) is 19.5. The Kier molecular flexibility index (Phi) is 8.06. The highest BCUT2D eigenvalue weighted by Gasteiger charge is 2.26. The zero-order valence-corrected chi connectivity index (χ0v) is 14.4. The Hall–Kier alpha value is -1.59. The number of aliphatic carboxylic acids is 1. The van der Waals surface area contributed by atoms with Gasteiger partial charge >= 0.3 is 5.97 Å². The van der Waals surface area contributed by atoms with E-state index in [1.807, 2.05) is 13.8 Å². The number of carboxylic acids is 1. The Balaban J connectivity index is 2.34. The molecule has 1 aliphatic rings. The predicted molar refractivity (Wildman–Crippen MR) is 87.8 cm³/mol. The molecule has 0 aliphatic heterocycles. The van der Waals surface area contributed by atoms with Crippen LogP contribution in [0.15, 0.2) is 0 Å². The number of hydrogen-bond donors (Lipinski definition) is 3. The van der Waals surface area contributed by atoms with Crippen LogP contribution in [-0.4, -0.2) is 35.5 Å². The predicted octanol–water partition coefficient (Wildman–Crippen LogP) is 1.93. The monoisotopic (exact) mass is 326 g/mol. The molecule has 6 nitrogen and oxygen atoms in total. The molecule has 6 heteroatoms. The van der Waals surface area contributed by atoms with Crippen LogP contribution in [-0.2, 0) is 14.4 Å². The molecule has 0 heterocycles. The molecule has 1 fully saturated rings. The maximum Gasteiger partial charge on any atom is 0.326 e. The number of nitrogens with one attached hydrogen (secondary N) is 2. The summed E-state index contributed by atoms with van der Waals surface area (Å²) in [4.78, 5) is 35.0. The van der Waals surface area contributed by atoms with E-state index in [9.17, 15) is 14.4 Å². The average molecular weight is 326 g/mol. The first-order chi connectivity index (χ1) is 10.8. The van der Waals surface area contributed by atoms with Crippen molar-refractivity contribution in [1.29, 1.82) is 0 Å². The molecule has 1 rings (SSSR count). The molecular weight excluding hydrogens is 296 g/mol. The summed E-state index contributed by atoms with van der Waals surface area (Å²) in [5.41, 5.74) is 0. The largest absolute Gasteiger partial charge is 0.480 e. The molecule has 0 aromatic carbocycles. The third kappa shape index (κ3) is 7.01. The molecule has 1 saturated carbocycles. The van der Waals surface area contributed by atoms with E-state index in [4.69, 9.17) is 5.11 Å². The van der Waals surface area contributed by atoms with Crippen molar-refractivity contribution >= 4 is 17.8 Å². The van der Waals surface area contributed by atoms with Crippen LogP contribution in [0.1, 0.15) is 59.3 Å². The van der Waals surface area contributed by atoms with Crippen LogP contribution < -0.4 is 10.6 Å². The van der Waals surface area contributed by atoms with Gasteiger partial charge in [-0.05, 0) is 43.9 Å². The van der Waals surface area contributed by atoms with Crippen molar-refractivity contribution in [2.75, 3.05) is 6.54 Å². The van der Waals surface area contributed by atoms with Crippen molar-refractivity contribution in [3.05, 3.63) is 0 Å². The summed E-state index contributed by atoms with van der Waals surface area (Å²) in [5.74, 6) is -0.721. The van der Waals surface area contributed by atoms with E-state index in [0.717, 1.165) is 38.0 Å². The quantitative estimate of drug-likeness (QED) is 0.635. The number of rotatable bonds is 8. The topological polar surface area (TPSA) is 95.5 Å². The van der Waals surface area contributed by atoms with Gasteiger partial charge in [-0.3, -0.25) is 9.59 Å². The molecule has 0 aromatic rings. The van der Waals surface area contributed by atoms with E-state index in [-0.39, 0.29) is 24.3 Å². The molecule has 0 spiro atoms. The molecule has 0 radical (unpaired) electrons. The van der Waals surface area contributed by atoms with Gasteiger partial charge in [0.2, 0.25) is 11.8 Å². The third-order valence-electron chi connectivity index (χ3n) is 4.56. The lowest BCUT2D eigenvalue weighted by Gasteiger charge is -2.26. The van der Waals surface area contributed by atoms with E-state index >= 15 is 0 Å². The fourth-order valence-electron chi connectivity index (χ4n) is 3.08. The fourth-order valence-corrected chi connectivity index (χ4v) is 3.08. The van der Waals surface area contributed by atoms with Gasteiger partial charge in [-0.1, -0.05) is 27.2 Å². The number of hydrogen-bond acceptors (Lipinski definition) is 3. The van der Waals surface area contributed by atoms with Crippen molar-refractivity contribution < 1.29 is 19.5 Å². The maximum atomic E-state index is 12.1. The molecular formula is C17H30N2O4. The van der Waals surface area contributed by atoms with Crippen LogP contribution in [0.5, 0.6) is 0 Å². The number of amides is 2. The maximum absolute atomic E-state index is 12.1. The Morgan fingerprint density at radius 2 is 1.74 bits per heavy atom. The van der Waals surface area contributed by atoms with Gasteiger partial charge in [0, 0.05) is 5.92 Å². The summed E-state index contributed by atoms with van der Waals surface area (Å²) in [5, 5.41) is 14.2. The van der Waals surface area contributed by atoms with E-state index < -0.39 is 17.9 Å². The smallest absolute Gasteiger partial charge is 0.326 e. The minimum Gasteiger partial charge on any atom is -0.480 e. The lowest BCUT2D eigenvalue weighted by atomic mass is 9.80. The molecule has 3 N–H and O–H groups in total. The average Bonchev–Trinajstić information content (AvgIpc) is 2.51. The summed E-state index contributed by atoms with van der Waals surface area (Å²) in [6.07, 6.45) is 5.40. The molecule has 23 heavy (non-hydrogen) atoms. The zero-order valence-electron chi connectivity index (χ0n) is 14.4. The second-order valence-corrected chi connectivity index (χ2v) is 6.93. The molecule has 0 unspecified atom stereocenters. The van der Waals surface area contributed by atoms with E-state index in [0.29, 0.717) is 6.42 Å². The molecule has 1 atom stereocenters. The minimum atomic E-state index is -1.05. The van der Waals surface area contributed by atoms with Crippen LogP contribution in [0, 0.1) is 17.8 Å². The Morgan fingerprint density at radius 1 is 1.13 bits per heavy atom. The second kappa shape index (κ2) is 9.53. The van der Waals surface area contributed by atoms with E-state index in [1.165, 1.54) is 0 Å². The van der Waals surface area contributed by atoms with Gasteiger partial charge in [-0.15, -0.1) is 0 Å². The SMILES string of the molecule is CCC1CCC(C(=O)NCC(=O)N[C@@H](CC(C)C)C(=O)O)CC1. The van der Waals surface area contributed by atoms with Gasteiger partial charge < -0.3 is 15.7 Å². The number of carbonyl (C=O) groups excluding carboxylic acids is 2. The summed E-state index contributed by atoms with van der Waals surface area (Å²) in [7, 11) is 0. The van der Waals surface area contributed by atoms with Gasteiger partial charge in [-0.25, -0.2) is 4.79 Å². The van der Waals surface area contributed by atoms with Gasteiger partial charge in [0.1, 0.15) is 6.04 Å². The van der Waals surface area contributed by atoms with Gasteiger partial charge in [0.05, 0.1) is 6.54 Å². The van der Waals surface area contributed by atoms with Crippen LogP contribution >= 0.6 is 0 Å². The molecule has 1 aliphatic carbocycles. The Labute approximate surface area is 138 Å². The van der Waals surface area contributed by atoms with Crippen molar-refractivity contribution in [3.63, 3.8) is 0 Å². The molecule has 2 amide bonds. The molecule has 0 aromatic heterocycles. The molecule has 0 bridgehead atoms. The van der Waals surface area contributed by atoms with Gasteiger partial charge in [0.15, 0.2) is 0 Å². The Bertz CT molecular complexity index is 415. The lowest BCUT2D eigenvalue weighted by Crippen LogP contribution is -2.47. The summed E-state index contributed by atoms with van der Waals surface area (Å²) in [6, 6.07) is -0.903. The summed E-state index contributed by atoms with van der Waals surface area (Å²) >= 11 is 0. The highest BCUT2D eigenvalue weighted by Crippen LogP contribution is 2.30. The van der Waals surface area contributed by atoms with Crippen LogP contribution in [0.3, 0.4) is 0 Å². The first-order valence-corrected chi connectivity index (χ1v) is 8.63.